The molecule has 2 N–H and O–H groups in total. The monoisotopic (exact) mass is 481 g/mol. The van der Waals surface area contributed by atoms with Gasteiger partial charge in [-0.3, -0.25) is 4.90 Å². The molecule has 4 rings (SSSR count). The maximum Gasteiger partial charge on any atom is 0.212 e. The molecule has 1 fully saturated rings. The van der Waals surface area contributed by atoms with Gasteiger partial charge in [0.05, 0.1) is 13.2 Å². The lowest BCUT2D eigenvalue weighted by Gasteiger charge is -2.45. The van der Waals surface area contributed by atoms with Gasteiger partial charge in [-0.2, -0.15) is 0 Å². The van der Waals surface area contributed by atoms with E-state index in [1.54, 1.807) is 19.4 Å². The molecule has 1 saturated heterocycles. The van der Waals surface area contributed by atoms with Crippen molar-refractivity contribution in [3.05, 3.63) is 88.6 Å². The second-order valence-corrected chi connectivity index (χ2v) is 9.44. The Morgan fingerprint density at radius 2 is 1.79 bits per heavy atom. The Labute approximate surface area is 206 Å². The lowest BCUT2D eigenvalue weighted by molar-refractivity contribution is 0.00997. The molecule has 7 heteroatoms. The molecule has 180 valence electrons. The molecular formula is C27H32ClN3O3. The average molecular weight is 482 g/mol. The molecular weight excluding hydrogens is 450 g/mol. The van der Waals surface area contributed by atoms with Crippen LogP contribution >= 0.6 is 11.6 Å². The summed E-state index contributed by atoms with van der Waals surface area (Å²) in [5.41, 5.74) is 3.17. The van der Waals surface area contributed by atoms with Crippen molar-refractivity contribution in [2.75, 3.05) is 44.8 Å². The molecule has 2 atom stereocenters. The van der Waals surface area contributed by atoms with Gasteiger partial charge in [0.25, 0.3) is 0 Å². The average Bonchev–Trinajstić information content (AvgIpc) is 2.85. The SMILES string of the molecule is COc1ccc([C@](C)(O)CN2CCN(c3ccc(CCO)cc3)[C@H](c3ccc(Cl)cc3)C2)cn1. The Hall–Kier alpha value is -2.64. The van der Waals surface area contributed by atoms with Crippen LogP contribution in [0.5, 0.6) is 5.88 Å². The van der Waals surface area contributed by atoms with Crippen molar-refractivity contribution in [2.24, 2.45) is 0 Å². The Kier molecular flexibility index (Phi) is 7.73. The minimum Gasteiger partial charge on any atom is -0.481 e. The molecule has 2 aromatic carbocycles. The van der Waals surface area contributed by atoms with Gasteiger partial charge in [-0.05, 0) is 54.8 Å². The predicted molar refractivity (Wildman–Crippen MR) is 136 cm³/mol. The summed E-state index contributed by atoms with van der Waals surface area (Å²) < 4.78 is 5.15. The van der Waals surface area contributed by atoms with Crippen LogP contribution in [0.2, 0.25) is 5.02 Å². The van der Waals surface area contributed by atoms with E-state index in [1.807, 2.05) is 25.1 Å². The highest BCUT2D eigenvalue weighted by Gasteiger charge is 2.33. The van der Waals surface area contributed by atoms with Crippen molar-refractivity contribution < 1.29 is 14.9 Å². The number of hydrogen-bond donors (Lipinski definition) is 2. The molecule has 1 aliphatic heterocycles. The van der Waals surface area contributed by atoms with Crippen molar-refractivity contribution >= 4 is 17.3 Å². The van der Waals surface area contributed by atoms with Gasteiger partial charge in [-0.1, -0.05) is 35.9 Å². The van der Waals surface area contributed by atoms with Crippen molar-refractivity contribution in [3.63, 3.8) is 0 Å². The Morgan fingerprint density at radius 1 is 1.06 bits per heavy atom. The number of benzene rings is 2. The summed E-state index contributed by atoms with van der Waals surface area (Å²) in [6.45, 7) is 4.88. The molecule has 0 saturated carbocycles. The van der Waals surface area contributed by atoms with Crippen LogP contribution in [0.4, 0.5) is 5.69 Å². The van der Waals surface area contributed by atoms with Crippen LogP contribution in [0.1, 0.15) is 29.7 Å². The summed E-state index contributed by atoms with van der Waals surface area (Å²) in [5.74, 6) is 0.529. The molecule has 34 heavy (non-hydrogen) atoms. The number of aliphatic hydroxyl groups is 2. The maximum atomic E-state index is 11.3. The number of nitrogens with zero attached hydrogens (tertiary/aromatic N) is 3. The van der Waals surface area contributed by atoms with Crippen LogP contribution in [0.15, 0.2) is 66.9 Å². The molecule has 1 aromatic heterocycles. The number of rotatable bonds is 8. The molecule has 6 nitrogen and oxygen atoms in total. The third-order valence-corrected chi connectivity index (χ3v) is 6.74. The third-order valence-electron chi connectivity index (χ3n) is 6.49. The quantitative estimate of drug-likeness (QED) is 0.506. The lowest BCUT2D eigenvalue weighted by Crippen LogP contribution is -2.52. The number of anilines is 1. The van der Waals surface area contributed by atoms with Crippen molar-refractivity contribution in [2.45, 2.75) is 25.0 Å². The van der Waals surface area contributed by atoms with Crippen molar-refractivity contribution in [1.82, 2.24) is 9.88 Å². The van der Waals surface area contributed by atoms with Crippen LogP contribution in [0, 0.1) is 0 Å². The first-order valence-corrected chi connectivity index (χ1v) is 11.9. The summed E-state index contributed by atoms with van der Waals surface area (Å²) in [6.07, 6.45) is 2.34. The zero-order valence-electron chi connectivity index (χ0n) is 19.7. The summed E-state index contributed by atoms with van der Waals surface area (Å²) in [6, 6.07) is 20.2. The number of methoxy groups -OCH3 is 1. The van der Waals surface area contributed by atoms with E-state index in [9.17, 15) is 10.2 Å². The predicted octanol–water partition coefficient (Wildman–Crippen LogP) is 4.05. The van der Waals surface area contributed by atoms with Gasteiger partial charge in [-0.15, -0.1) is 0 Å². The largest absolute Gasteiger partial charge is 0.481 e. The van der Waals surface area contributed by atoms with E-state index in [-0.39, 0.29) is 12.6 Å². The van der Waals surface area contributed by atoms with Gasteiger partial charge in [0.1, 0.15) is 5.60 Å². The standard InChI is InChI=1S/C27H32ClN3O3/c1-27(33,22-7-12-26(34-2)29-17-22)19-30-14-15-31(24-10-3-20(4-11-24)13-16-32)25(18-30)21-5-8-23(28)9-6-21/h3-12,17,25,32-33H,13-16,18-19H2,1-2H3/t25-,27+/m0/s1. The second kappa shape index (κ2) is 10.7. The number of aliphatic hydroxyl groups excluding tert-OH is 1. The molecule has 0 radical (unpaired) electrons. The summed E-state index contributed by atoms with van der Waals surface area (Å²) in [5, 5.41) is 21.2. The maximum absolute atomic E-state index is 11.3. The second-order valence-electron chi connectivity index (χ2n) is 9.00. The minimum atomic E-state index is -1.04. The molecule has 0 amide bonds. The molecule has 2 heterocycles. The fraction of sp³-hybridized carbons (Fsp3) is 0.370. The van der Waals surface area contributed by atoms with Crippen LogP contribution in [-0.2, 0) is 12.0 Å². The van der Waals surface area contributed by atoms with Crippen LogP contribution in [-0.4, -0.2) is 60.0 Å². The number of hydrogen-bond acceptors (Lipinski definition) is 6. The van der Waals surface area contributed by atoms with Crippen LogP contribution < -0.4 is 9.64 Å². The fourth-order valence-corrected chi connectivity index (χ4v) is 4.72. The summed E-state index contributed by atoms with van der Waals surface area (Å²) in [7, 11) is 1.58. The Morgan fingerprint density at radius 3 is 2.41 bits per heavy atom. The topological polar surface area (TPSA) is 69.1 Å². The van der Waals surface area contributed by atoms with Gasteiger partial charge in [0.15, 0.2) is 0 Å². The first-order chi connectivity index (χ1) is 16.4. The third kappa shape index (κ3) is 5.70. The fourth-order valence-electron chi connectivity index (χ4n) is 4.59. The van der Waals surface area contributed by atoms with E-state index < -0.39 is 5.60 Å². The van der Waals surface area contributed by atoms with Crippen LogP contribution in [0.3, 0.4) is 0 Å². The number of ether oxygens (including phenoxy) is 1. The number of piperazine rings is 1. The van der Waals surface area contributed by atoms with E-state index in [4.69, 9.17) is 16.3 Å². The minimum absolute atomic E-state index is 0.111. The Balaban J connectivity index is 1.55. The number of β-amino-alcohol motifs (C(OH)–C–C–N with tert-alkyl or cyclic N) is 1. The highest BCUT2D eigenvalue weighted by molar-refractivity contribution is 6.30. The lowest BCUT2D eigenvalue weighted by atomic mass is 9.95. The normalized spacial score (nSPS) is 18.5. The molecule has 3 aromatic rings. The Bertz CT molecular complexity index is 1060. The molecule has 0 spiro atoms. The van der Waals surface area contributed by atoms with E-state index in [0.29, 0.717) is 23.9 Å². The van der Waals surface area contributed by atoms with Gasteiger partial charge in [0, 0.05) is 61.3 Å². The zero-order chi connectivity index (χ0) is 24.1. The van der Waals surface area contributed by atoms with Crippen molar-refractivity contribution in [3.8, 4) is 5.88 Å². The summed E-state index contributed by atoms with van der Waals surface area (Å²) in [4.78, 5) is 8.98. The van der Waals surface area contributed by atoms with Gasteiger partial charge in [-0.25, -0.2) is 4.98 Å². The van der Waals surface area contributed by atoms with E-state index >= 15 is 0 Å². The first-order valence-electron chi connectivity index (χ1n) is 11.6. The van der Waals surface area contributed by atoms with E-state index in [1.165, 1.54) is 5.56 Å². The molecule has 0 unspecified atom stereocenters. The van der Waals surface area contributed by atoms with Crippen LogP contribution in [0.25, 0.3) is 0 Å². The first kappa shape index (κ1) is 24.5. The van der Waals surface area contributed by atoms with E-state index in [0.717, 1.165) is 36.4 Å². The number of aromatic nitrogens is 1. The molecule has 0 bridgehead atoms. The highest BCUT2D eigenvalue weighted by atomic mass is 35.5. The van der Waals surface area contributed by atoms with Gasteiger partial charge < -0.3 is 19.8 Å². The smallest absolute Gasteiger partial charge is 0.212 e. The highest BCUT2D eigenvalue weighted by Crippen LogP contribution is 2.33. The molecule has 1 aliphatic rings. The van der Waals surface area contributed by atoms with E-state index in [2.05, 4.69) is 51.2 Å². The molecule has 0 aliphatic carbocycles. The van der Waals surface area contributed by atoms with Gasteiger partial charge >= 0.3 is 0 Å². The van der Waals surface area contributed by atoms with Gasteiger partial charge in [0.2, 0.25) is 5.88 Å². The summed E-state index contributed by atoms with van der Waals surface area (Å²) >= 11 is 6.16. The number of halogens is 1. The van der Waals surface area contributed by atoms with Crippen molar-refractivity contribution in [1.29, 1.82) is 0 Å². The zero-order valence-corrected chi connectivity index (χ0v) is 20.4. The number of pyridine rings is 1.